The number of aryl methyl sites for hydroxylation is 1. The second-order valence-corrected chi connectivity index (χ2v) is 14.6. The van der Waals surface area contributed by atoms with E-state index in [1.807, 2.05) is 24.5 Å². The number of rotatable bonds is 6. The summed E-state index contributed by atoms with van der Waals surface area (Å²) < 4.78 is 25.9. The molecule has 9 rings (SSSR count). The zero-order valence-corrected chi connectivity index (χ0v) is 25.1. The molecule has 4 aliphatic carbocycles. The number of ether oxygens (including phenoxy) is 1. The lowest BCUT2D eigenvalue weighted by molar-refractivity contribution is -0.199. The van der Waals surface area contributed by atoms with Gasteiger partial charge in [-0.25, -0.2) is 0 Å². The average Bonchev–Trinajstić information content (AvgIpc) is 3.69. The molecule has 0 radical (unpaired) electrons. The van der Waals surface area contributed by atoms with Crippen molar-refractivity contribution in [2.45, 2.75) is 108 Å². The maximum absolute atomic E-state index is 13.6. The molecule has 5 atom stereocenters. The summed E-state index contributed by atoms with van der Waals surface area (Å²) in [5.74, 6) is 1.79. The van der Waals surface area contributed by atoms with Gasteiger partial charge < -0.3 is 23.8 Å². The van der Waals surface area contributed by atoms with E-state index in [1.165, 1.54) is 24.8 Å². The molecule has 3 aromatic rings. The molecule has 6 aliphatic rings. The summed E-state index contributed by atoms with van der Waals surface area (Å²) in [6, 6.07) is 14.4. The number of amides is 1. The molecule has 1 spiro atoms. The molecule has 7 heteroatoms. The van der Waals surface area contributed by atoms with Crippen molar-refractivity contribution in [2.75, 3.05) is 0 Å². The van der Waals surface area contributed by atoms with Crippen LogP contribution in [-0.4, -0.2) is 36.3 Å². The molecule has 3 heterocycles. The van der Waals surface area contributed by atoms with Crippen molar-refractivity contribution in [1.29, 1.82) is 0 Å². The Bertz CT molecular complexity index is 1520. The van der Waals surface area contributed by atoms with Gasteiger partial charge in [-0.2, -0.15) is 0 Å². The molecule has 220 valence electrons. The van der Waals surface area contributed by atoms with Crippen molar-refractivity contribution in [3.8, 4) is 5.75 Å². The van der Waals surface area contributed by atoms with Gasteiger partial charge >= 0.3 is 7.12 Å². The zero-order valence-electron chi connectivity index (χ0n) is 25.1. The minimum absolute atomic E-state index is 0.0198. The maximum atomic E-state index is 13.6. The van der Waals surface area contributed by atoms with Crippen LogP contribution in [0.4, 0.5) is 0 Å². The third-order valence-corrected chi connectivity index (χ3v) is 11.8. The molecule has 42 heavy (non-hydrogen) atoms. The fourth-order valence-electron chi connectivity index (χ4n) is 9.21. The van der Waals surface area contributed by atoms with Crippen molar-refractivity contribution in [1.82, 2.24) is 5.32 Å². The molecule has 2 aliphatic heterocycles. The van der Waals surface area contributed by atoms with Crippen molar-refractivity contribution in [3.63, 3.8) is 0 Å². The molecule has 2 bridgehead atoms. The number of fused-ring (bicyclic) bond motifs is 2. The van der Waals surface area contributed by atoms with Crippen LogP contribution in [0.3, 0.4) is 0 Å². The molecule has 1 saturated heterocycles. The van der Waals surface area contributed by atoms with E-state index in [4.69, 9.17) is 18.5 Å². The fraction of sp³-hybridized carbons (Fsp3) is 0.571. The fourth-order valence-corrected chi connectivity index (χ4v) is 9.21. The van der Waals surface area contributed by atoms with Gasteiger partial charge in [0.15, 0.2) is 0 Å². The number of hydrogen-bond donors (Lipinski definition) is 1. The van der Waals surface area contributed by atoms with E-state index in [9.17, 15) is 4.79 Å². The van der Waals surface area contributed by atoms with E-state index in [2.05, 4.69) is 50.4 Å². The third kappa shape index (κ3) is 4.25. The molecule has 2 aromatic carbocycles. The Morgan fingerprint density at radius 1 is 1.07 bits per heavy atom. The number of benzene rings is 2. The average molecular weight is 568 g/mol. The topological polar surface area (TPSA) is 69.9 Å². The lowest BCUT2D eigenvalue weighted by atomic mass is 9.43. The summed E-state index contributed by atoms with van der Waals surface area (Å²) in [4.78, 5) is 13.6. The number of para-hydroxylation sites is 1. The summed E-state index contributed by atoms with van der Waals surface area (Å²) in [5, 5.41) is 4.41. The molecule has 4 saturated carbocycles. The van der Waals surface area contributed by atoms with Crippen molar-refractivity contribution in [3.05, 3.63) is 65.4 Å². The highest BCUT2D eigenvalue weighted by atomic mass is 16.7. The summed E-state index contributed by atoms with van der Waals surface area (Å²) >= 11 is 0. The molecule has 1 aromatic heterocycles. The Kier molecular flexibility index (Phi) is 6.15. The van der Waals surface area contributed by atoms with Crippen LogP contribution in [-0.2, 0) is 33.4 Å². The maximum Gasteiger partial charge on any atom is 0.482 e. The standard InChI is InChI=1S/C35H42BNO5/c1-33(2)25-19-29(33)34(3)30(20-25)41-36(42-34)31(18-24-21-39-28-9-5-4-8-26(24)28)37-32(38)17-22-10-11-27-23(16-22)12-15-35(40-27)13-6-7-14-35/h4-5,8-11,16,21,25,29-31H,6-7,12-15,17-20H2,1-3H3,(H,37,38)/t25-,29-,30+,31-,34-/m0/s1. The first-order valence-electron chi connectivity index (χ1n) is 16.1. The molecule has 6 nitrogen and oxygen atoms in total. The first-order valence-corrected chi connectivity index (χ1v) is 16.1. The quantitative estimate of drug-likeness (QED) is 0.340. The highest BCUT2D eigenvalue weighted by molar-refractivity contribution is 6.48. The molecular formula is C35H42BNO5. The van der Waals surface area contributed by atoms with Gasteiger partial charge in [0.2, 0.25) is 5.91 Å². The van der Waals surface area contributed by atoms with Gasteiger partial charge in [0, 0.05) is 5.39 Å². The van der Waals surface area contributed by atoms with Crippen LogP contribution in [0.15, 0.2) is 53.1 Å². The van der Waals surface area contributed by atoms with Crippen molar-refractivity contribution >= 4 is 24.0 Å². The van der Waals surface area contributed by atoms with Crippen LogP contribution in [0, 0.1) is 17.3 Å². The highest BCUT2D eigenvalue weighted by Crippen LogP contribution is 2.65. The smallest absolute Gasteiger partial charge is 0.482 e. The Labute approximate surface area is 249 Å². The highest BCUT2D eigenvalue weighted by Gasteiger charge is 2.68. The number of carbonyl (C=O) groups is 1. The van der Waals surface area contributed by atoms with Crippen LogP contribution in [0.5, 0.6) is 5.75 Å². The van der Waals surface area contributed by atoms with Gasteiger partial charge in [0.05, 0.1) is 30.3 Å². The van der Waals surface area contributed by atoms with Crippen molar-refractivity contribution < 1.29 is 23.3 Å². The molecule has 1 amide bonds. The summed E-state index contributed by atoms with van der Waals surface area (Å²) in [5.41, 5.74) is 4.11. The second-order valence-electron chi connectivity index (χ2n) is 14.6. The normalized spacial score (nSPS) is 30.8. The summed E-state index contributed by atoms with van der Waals surface area (Å²) in [6.07, 6.45) is 11.9. The zero-order chi connectivity index (χ0) is 28.7. The molecule has 0 unspecified atom stereocenters. The Balaban J connectivity index is 1.02. The number of furan rings is 1. The van der Waals surface area contributed by atoms with E-state index in [0.717, 1.165) is 59.9 Å². The van der Waals surface area contributed by atoms with E-state index >= 15 is 0 Å². The first kappa shape index (κ1) is 26.8. The van der Waals surface area contributed by atoms with Crippen LogP contribution in [0.2, 0.25) is 0 Å². The van der Waals surface area contributed by atoms with Crippen LogP contribution in [0.25, 0.3) is 11.0 Å². The van der Waals surface area contributed by atoms with E-state index < -0.39 is 7.12 Å². The van der Waals surface area contributed by atoms with Gasteiger partial charge in [-0.1, -0.05) is 44.2 Å². The Morgan fingerprint density at radius 3 is 2.74 bits per heavy atom. The van der Waals surface area contributed by atoms with Gasteiger partial charge in [0.25, 0.3) is 0 Å². The molecular weight excluding hydrogens is 525 g/mol. The largest absolute Gasteiger partial charge is 0.487 e. The van der Waals surface area contributed by atoms with E-state index in [0.29, 0.717) is 24.7 Å². The van der Waals surface area contributed by atoms with Gasteiger partial charge in [-0.15, -0.1) is 0 Å². The molecule has 1 N–H and O–H groups in total. The molecule has 5 fully saturated rings. The van der Waals surface area contributed by atoms with Crippen LogP contribution >= 0.6 is 0 Å². The SMILES string of the molecule is CC1(C)[C@@H]2C[C@H]3OB([C@H](Cc4coc5ccccc45)NC(=O)Cc4ccc5c(c4)CCC4(CCCC4)O5)O[C@@]3(C)[C@H]1C2. The van der Waals surface area contributed by atoms with Crippen LogP contribution in [0.1, 0.15) is 82.4 Å². The van der Waals surface area contributed by atoms with Crippen molar-refractivity contribution in [2.24, 2.45) is 17.3 Å². The lowest BCUT2D eigenvalue weighted by Crippen LogP contribution is -2.65. The Morgan fingerprint density at radius 2 is 1.90 bits per heavy atom. The van der Waals surface area contributed by atoms with Crippen LogP contribution < -0.4 is 10.1 Å². The van der Waals surface area contributed by atoms with E-state index in [-0.39, 0.29) is 34.6 Å². The van der Waals surface area contributed by atoms with Gasteiger partial charge in [0.1, 0.15) is 16.9 Å². The predicted octanol–water partition coefficient (Wildman–Crippen LogP) is 6.61. The predicted molar refractivity (Wildman–Crippen MR) is 162 cm³/mol. The third-order valence-electron chi connectivity index (χ3n) is 11.8. The number of nitrogens with one attached hydrogen (secondary N) is 1. The summed E-state index contributed by atoms with van der Waals surface area (Å²) in [6.45, 7) is 6.98. The van der Waals surface area contributed by atoms with Gasteiger partial charge in [-0.05, 0) is 111 Å². The summed E-state index contributed by atoms with van der Waals surface area (Å²) in [7, 11) is -0.507. The Hall–Kier alpha value is -2.77. The number of hydrogen-bond acceptors (Lipinski definition) is 5. The minimum atomic E-state index is -0.507. The minimum Gasteiger partial charge on any atom is -0.487 e. The van der Waals surface area contributed by atoms with Gasteiger partial charge in [-0.3, -0.25) is 4.79 Å². The lowest BCUT2D eigenvalue weighted by Gasteiger charge is -2.64. The van der Waals surface area contributed by atoms with E-state index in [1.54, 1.807) is 0 Å². The number of carbonyl (C=O) groups excluding carboxylic acids is 1. The first-order chi connectivity index (χ1) is 20.2. The second kappa shape index (κ2) is 9.62. The monoisotopic (exact) mass is 567 g/mol.